The van der Waals surface area contributed by atoms with Crippen LogP contribution in [0.15, 0.2) is 22.8 Å². The number of hydrogen-bond acceptors (Lipinski definition) is 4. The quantitative estimate of drug-likeness (QED) is 0.842. The minimum absolute atomic E-state index is 0.0356. The summed E-state index contributed by atoms with van der Waals surface area (Å²) in [4.78, 5) is 15.9. The molecule has 1 atom stereocenters. The van der Waals surface area contributed by atoms with Crippen LogP contribution in [0.1, 0.15) is 24.6 Å². The summed E-state index contributed by atoms with van der Waals surface area (Å²) in [6.45, 7) is 2.61. The minimum Gasteiger partial charge on any atom is -0.468 e. The van der Waals surface area contributed by atoms with Crippen LogP contribution < -0.4 is 5.73 Å². The van der Waals surface area contributed by atoms with Crippen molar-refractivity contribution in [3.05, 3.63) is 24.2 Å². The van der Waals surface area contributed by atoms with Gasteiger partial charge in [0.25, 0.3) is 0 Å². The topological polar surface area (TPSA) is 62.7 Å². The van der Waals surface area contributed by atoms with Gasteiger partial charge < -0.3 is 15.1 Å². The zero-order chi connectivity index (χ0) is 13.0. The lowest BCUT2D eigenvalue weighted by Gasteiger charge is -2.26. The number of likely N-dealkylation sites (tertiary alicyclic amines) is 1. The molecule has 1 amide bonds. The van der Waals surface area contributed by atoms with Gasteiger partial charge in [0.2, 0.25) is 5.91 Å². The van der Waals surface area contributed by atoms with E-state index in [1.807, 2.05) is 29.0 Å². The number of likely N-dealkylation sites (N-methyl/N-ethyl adjacent to an activating group) is 1. The van der Waals surface area contributed by atoms with Crippen LogP contribution >= 0.6 is 0 Å². The molecule has 0 radical (unpaired) electrons. The number of carbonyl (C=O) groups is 1. The lowest BCUT2D eigenvalue weighted by molar-refractivity contribution is -0.131. The zero-order valence-corrected chi connectivity index (χ0v) is 10.8. The van der Waals surface area contributed by atoms with E-state index < -0.39 is 0 Å². The third-order valence-corrected chi connectivity index (χ3v) is 3.47. The Bertz CT molecular complexity index is 372. The van der Waals surface area contributed by atoms with Crippen LogP contribution in [0.2, 0.25) is 0 Å². The molecular weight excluding hydrogens is 230 g/mol. The lowest BCUT2D eigenvalue weighted by Crippen LogP contribution is -2.40. The molecule has 2 N–H and O–H groups in total. The molecule has 1 aromatic heterocycles. The second-order valence-corrected chi connectivity index (χ2v) is 4.77. The second-order valence-electron chi connectivity index (χ2n) is 4.77. The highest BCUT2D eigenvalue weighted by atomic mass is 16.3. The van der Waals surface area contributed by atoms with Crippen molar-refractivity contribution >= 4 is 5.91 Å². The van der Waals surface area contributed by atoms with Crippen molar-refractivity contribution in [3.63, 3.8) is 0 Å². The average Bonchev–Trinajstić information content (AvgIpc) is 3.03. The number of nitrogens with zero attached hydrogens (tertiary/aromatic N) is 2. The average molecular weight is 251 g/mol. The maximum absolute atomic E-state index is 12.1. The fourth-order valence-corrected chi connectivity index (χ4v) is 2.38. The van der Waals surface area contributed by atoms with Gasteiger partial charge in [-0.1, -0.05) is 0 Å². The van der Waals surface area contributed by atoms with Crippen molar-refractivity contribution in [1.29, 1.82) is 0 Å². The van der Waals surface area contributed by atoms with Crippen molar-refractivity contribution < 1.29 is 9.21 Å². The number of furan rings is 1. The monoisotopic (exact) mass is 251 g/mol. The Hall–Kier alpha value is -1.33. The van der Waals surface area contributed by atoms with E-state index in [-0.39, 0.29) is 11.9 Å². The summed E-state index contributed by atoms with van der Waals surface area (Å²) in [6, 6.07) is 3.70. The van der Waals surface area contributed by atoms with E-state index >= 15 is 0 Å². The molecular formula is C13H21N3O2. The molecule has 0 spiro atoms. The molecule has 2 heterocycles. The first-order valence-electron chi connectivity index (χ1n) is 6.44. The maximum Gasteiger partial charge on any atom is 0.236 e. The van der Waals surface area contributed by atoms with E-state index in [1.54, 1.807) is 6.26 Å². The first-order chi connectivity index (χ1) is 8.72. The molecule has 0 saturated carbocycles. The van der Waals surface area contributed by atoms with E-state index in [0.717, 1.165) is 31.7 Å². The van der Waals surface area contributed by atoms with Crippen LogP contribution in [0.3, 0.4) is 0 Å². The predicted octanol–water partition coefficient (Wildman–Crippen LogP) is 0.834. The highest BCUT2D eigenvalue weighted by Gasteiger charge is 2.24. The fourth-order valence-electron chi connectivity index (χ4n) is 2.38. The van der Waals surface area contributed by atoms with E-state index in [9.17, 15) is 4.79 Å². The molecule has 0 aromatic carbocycles. The SMILES string of the molecule is CN(CC(=O)N1CCCC1)C(CN)c1ccco1. The van der Waals surface area contributed by atoms with Gasteiger partial charge in [-0.2, -0.15) is 0 Å². The summed E-state index contributed by atoms with van der Waals surface area (Å²) in [5, 5.41) is 0. The van der Waals surface area contributed by atoms with Gasteiger partial charge in [-0.15, -0.1) is 0 Å². The van der Waals surface area contributed by atoms with Crippen molar-refractivity contribution in [2.24, 2.45) is 5.73 Å². The van der Waals surface area contributed by atoms with Crippen molar-refractivity contribution in [2.75, 3.05) is 33.2 Å². The van der Waals surface area contributed by atoms with Crippen LogP contribution in [0, 0.1) is 0 Å². The molecule has 1 fully saturated rings. The van der Waals surface area contributed by atoms with Crippen LogP contribution in [0.5, 0.6) is 0 Å². The zero-order valence-electron chi connectivity index (χ0n) is 10.8. The third-order valence-electron chi connectivity index (χ3n) is 3.47. The highest BCUT2D eigenvalue weighted by molar-refractivity contribution is 5.78. The van der Waals surface area contributed by atoms with Gasteiger partial charge >= 0.3 is 0 Å². The van der Waals surface area contributed by atoms with Gasteiger partial charge in [0.15, 0.2) is 0 Å². The van der Waals surface area contributed by atoms with Crippen LogP contribution in [0.4, 0.5) is 0 Å². The molecule has 1 aromatic rings. The smallest absolute Gasteiger partial charge is 0.236 e. The molecule has 2 rings (SSSR count). The number of amides is 1. The summed E-state index contributed by atoms with van der Waals surface area (Å²) < 4.78 is 5.37. The largest absolute Gasteiger partial charge is 0.468 e. The van der Waals surface area contributed by atoms with Gasteiger partial charge in [-0.3, -0.25) is 9.69 Å². The molecule has 18 heavy (non-hydrogen) atoms. The summed E-state index contributed by atoms with van der Waals surface area (Å²) in [5.74, 6) is 0.995. The molecule has 100 valence electrons. The highest BCUT2D eigenvalue weighted by Crippen LogP contribution is 2.19. The lowest BCUT2D eigenvalue weighted by atomic mass is 10.2. The second kappa shape index (κ2) is 6.02. The van der Waals surface area contributed by atoms with E-state index in [2.05, 4.69) is 0 Å². The Balaban J connectivity index is 1.93. The predicted molar refractivity (Wildman–Crippen MR) is 68.9 cm³/mol. The minimum atomic E-state index is -0.0356. The summed E-state index contributed by atoms with van der Waals surface area (Å²) >= 11 is 0. The molecule has 0 aliphatic carbocycles. The summed E-state index contributed by atoms with van der Waals surface area (Å²) in [7, 11) is 1.91. The molecule has 1 saturated heterocycles. The van der Waals surface area contributed by atoms with Gasteiger partial charge in [0.1, 0.15) is 5.76 Å². The Labute approximate surface area is 108 Å². The van der Waals surface area contributed by atoms with Crippen molar-refractivity contribution in [1.82, 2.24) is 9.80 Å². The molecule has 5 heteroatoms. The van der Waals surface area contributed by atoms with Gasteiger partial charge in [0.05, 0.1) is 18.8 Å². The molecule has 1 unspecified atom stereocenters. The molecule has 5 nitrogen and oxygen atoms in total. The summed E-state index contributed by atoms with van der Waals surface area (Å²) in [5.41, 5.74) is 5.77. The van der Waals surface area contributed by atoms with E-state index in [4.69, 9.17) is 10.2 Å². The number of hydrogen-bond donors (Lipinski definition) is 1. The van der Waals surface area contributed by atoms with E-state index in [0.29, 0.717) is 13.1 Å². The first kappa shape index (κ1) is 13.1. The number of nitrogens with two attached hydrogens (primary N) is 1. The van der Waals surface area contributed by atoms with E-state index in [1.165, 1.54) is 0 Å². The standard InChI is InChI=1S/C13H21N3O2/c1-15(10-13(17)16-6-2-3-7-16)11(9-14)12-5-4-8-18-12/h4-5,8,11H,2-3,6-7,9-10,14H2,1H3. The molecule has 0 bridgehead atoms. The van der Waals surface area contributed by atoms with Crippen LogP contribution in [-0.4, -0.2) is 48.9 Å². The summed E-state index contributed by atoms with van der Waals surface area (Å²) in [6.07, 6.45) is 3.87. The van der Waals surface area contributed by atoms with Crippen LogP contribution in [-0.2, 0) is 4.79 Å². The van der Waals surface area contributed by atoms with Crippen molar-refractivity contribution in [2.45, 2.75) is 18.9 Å². The molecule has 1 aliphatic rings. The normalized spacial score (nSPS) is 17.4. The van der Waals surface area contributed by atoms with Gasteiger partial charge in [0, 0.05) is 19.6 Å². The Morgan fingerprint density at radius 2 is 2.28 bits per heavy atom. The van der Waals surface area contributed by atoms with Crippen LogP contribution in [0.25, 0.3) is 0 Å². The fraction of sp³-hybridized carbons (Fsp3) is 0.615. The molecule has 1 aliphatic heterocycles. The third kappa shape index (κ3) is 2.91. The van der Waals surface area contributed by atoms with Gasteiger partial charge in [-0.05, 0) is 32.0 Å². The Morgan fingerprint density at radius 3 is 2.83 bits per heavy atom. The first-order valence-corrected chi connectivity index (χ1v) is 6.44. The Kier molecular flexibility index (Phi) is 4.38. The number of carbonyl (C=O) groups excluding carboxylic acids is 1. The Morgan fingerprint density at radius 1 is 1.56 bits per heavy atom. The van der Waals surface area contributed by atoms with Crippen molar-refractivity contribution in [3.8, 4) is 0 Å². The van der Waals surface area contributed by atoms with Gasteiger partial charge in [-0.25, -0.2) is 0 Å². The maximum atomic E-state index is 12.1. The number of rotatable bonds is 5.